The molecule has 0 atom stereocenters. The molecule has 0 aromatic carbocycles. The Bertz CT molecular complexity index is 496. The Balaban J connectivity index is 0.000000861. The summed E-state index contributed by atoms with van der Waals surface area (Å²) in [5.74, 6) is 0.690. The fourth-order valence-electron chi connectivity index (χ4n) is 1.31. The molecule has 1 amide bonds. The lowest BCUT2D eigenvalue weighted by Crippen LogP contribution is -2.25. The highest BCUT2D eigenvalue weighted by Crippen LogP contribution is 1.97. The smallest absolute Gasteiger partial charge is 0.228 e. The molecule has 0 saturated carbocycles. The zero-order valence-electron chi connectivity index (χ0n) is 11.4. The average molecular weight is 262 g/mol. The highest BCUT2D eigenvalue weighted by atomic mass is 16.5. The van der Waals surface area contributed by atoms with Crippen molar-refractivity contribution < 1.29 is 9.32 Å². The van der Waals surface area contributed by atoms with Crippen molar-refractivity contribution in [3.8, 4) is 0 Å². The lowest BCUT2D eigenvalue weighted by Gasteiger charge is -2.02. The van der Waals surface area contributed by atoms with E-state index >= 15 is 0 Å². The van der Waals surface area contributed by atoms with Crippen LogP contribution in [0.4, 0.5) is 0 Å². The number of hydrogen-bond acceptors (Lipinski definition) is 5. The first-order chi connectivity index (χ1) is 9.24. The van der Waals surface area contributed by atoms with E-state index in [0.29, 0.717) is 18.3 Å². The van der Waals surface area contributed by atoms with Gasteiger partial charge in [0.05, 0.1) is 18.7 Å². The Labute approximate surface area is 112 Å². The van der Waals surface area contributed by atoms with Gasteiger partial charge in [-0.25, -0.2) is 0 Å². The molecule has 6 heteroatoms. The summed E-state index contributed by atoms with van der Waals surface area (Å²) in [5.41, 5.74) is 0.810. The van der Waals surface area contributed by atoms with Crippen molar-refractivity contribution in [3.63, 3.8) is 0 Å². The van der Waals surface area contributed by atoms with Crippen molar-refractivity contribution in [2.24, 2.45) is 0 Å². The molecule has 1 N–H and O–H groups in total. The van der Waals surface area contributed by atoms with Crippen molar-refractivity contribution in [1.29, 1.82) is 0 Å². The molecule has 2 heterocycles. The molecule has 0 saturated heterocycles. The van der Waals surface area contributed by atoms with Gasteiger partial charge in [0.2, 0.25) is 11.8 Å². The van der Waals surface area contributed by atoms with E-state index in [2.05, 4.69) is 20.4 Å². The maximum absolute atomic E-state index is 11.5. The number of hydrogen-bond donors (Lipinski definition) is 1. The molecule has 0 unspecified atom stereocenters. The minimum Gasteiger partial charge on any atom is -0.350 e. The molecule has 0 aliphatic carbocycles. The Morgan fingerprint density at radius 2 is 2.16 bits per heavy atom. The van der Waals surface area contributed by atoms with Gasteiger partial charge < -0.3 is 9.84 Å². The highest BCUT2D eigenvalue weighted by Gasteiger charge is 2.08. The van der Waals surface area contributed by atoms with E-state index < -0.39 is 0 Å². The van der Waals surface area contributed by atoms with Gasteiger partial charge in [-0.2, -0.15) is 4.98 Å². The summed E-state index contributed by atoms with van der Waals surface area (Å²) >= 11 is 0. The number of carbonyl (C=O) groups excluding carboxylic acids is 1. The minimum absolute atomic E-state index is 0.115. The van der Waals surface area contributed by atoms with Crippen LogP contribution < -0.4 is 5.32 Å². The number of carbonyl (C=O) groups is 1. The summed E-state index contributed by atoms with van der Waals surface area (Å²) in [6.45, 7) is 6.08. The molecular weight excluding hydrogens is 244 g/mol. The van der Waals surface area contributed by atoms with Crippen molar-refractivity contribution in [2.75, 3.05) is 0 Å². The maximum atomic E-state index is 11.5. The molecule has 19 heavy (non-hydrogen) atoms. The SMILES string of the molecule is CC.Cc1nc(CC(=O)NCc2ccccn2)no1. The summed E-state index contributed by atoms with van der Waals surface area (Å²) < 4.78 is 4.77. The lowest BCUT2D eigenvalue weighted by atomic mass is 10.3. The zero-order chi connectivity index (χ0) is 14.1. The van der Waals surface area contributed by atoms with Gasteiger partial charge in [0.1, 0.15) is 0 Å². The molecule has 0 bridgehead atoms. The molecule has 2 rings (SSSR count). The third-order valence-electron chi connectivity index (χ3n) is 2.08. The summed E-state index contributed by atoms with van der Waals surface area (Å²) in [7, 11) is 0. The molecule has 0 aliphatic heterocycles. The molecule has 0 spiro atoms. The van der Waals surface area contributed by atoms with Crippen LogP contribution in [0, 0.1) is 6.92 Å². The van der Waals surface area contributed by atoms with Gasteiger partial charge in [0.15, 0.2) is 5.82 Å². The standard InChI is InChI=1S/C11H12N4O2.C2H6/c1-8-14-10(15-17-8)6-11(16)13-7-9-4-2-3-5-12-9;1-2/h2-5H,6-7H2,1H3,(H,13,16);1-2H3. The fourth-order valence-corrected chi connectivity index (χ4v) is 1.31. The Hall–Kier alpha value is -2.24. The molecule has 2 aromatic heterocycles. The molecule has 0 fully saturated rings. The van der Waals surface area contributed by atoms with E-state index in [1.807, 2.05) is 32.0 Å². The van der Waals surface area contributed by atoms with Gasteiger partial charge in [0.25, 0.3) is 0 Å². The first-order valence-electron chi connectivity index (χ1n) is 6.20. The highest BCUT2D eigenvalue weighted by molar-refractivity contribution is 5.77. The van der Waals surface area contributed by atoms with Gasteiger partial charge in [-0.1, -0.05) is 25.1 Å². The van der Waals surface area contributed by atoms with E-state index in [4.69, 9.17) is 4.52 Å². The van der Waals surface area contributed by atoms with Crippen LogP contribution in [0.1, 0.15) is 31.3 Å². The monoisotopic (exact) mass is 262 g/mol. The number of pyridine rings is 1. The zero-order valence-corrected chi connectivity index (χ0v) is 11.4. The molecule has 2 aromatic rings. The van der Waals surface area contributed by atoms with Crippen LogP contribution in [0.25, 0.3) is 0 Å². The number of aryl methyl sites for hydroxylation is 1. The number of rotatable bonds is 4. The Morgan fingerprint density at radius 1 is 1.37 bits per heavy atom. The summed E-state index contributed by atoms with van der Waals surface area (Å²) in [6.07, 6.45) is 1.80. The summed E-state index contributed by atoms with van der Waals surface area (Å²) in [4.78, 5) is 19.6. The second kappa shape index (κ2) is 7.97. The maximum Gasteiger partial charge on any atom is 0.228 e. The van der Waals surface area contributed by atoms with Crippen LogP contribution in [0.2, 0.25) is 0 Å². The lowest BCUT2D eigenvalue weighted by molar-refractivity contribution is -0.120. The van der Waals surface area contributed by atoms with E-state index in [9.17, 15) is 4.79 Å². The first-order valence-corrected chi connectivity index (χ1v) is 6.20. The quantitative estimate of drug-likeness (QED) is 0.906. The Morgan fingerprint density at radius 3 is 2.74 bits per heavy atom. The third kappa shape index (κ3) is 5.29. The van der Waals surface area contributed by atoms with Crippen molar-refractivity contribution in [3.05, 3.63) is 41.8 Å². The van der Waals surface area contributed by atoms with Crippen molar-refractivity contribution >= 4 is 5.91 Å². The molecule has 0 radical (unpaired) electrons. The van der Waals surface area contributed by atoms with Gasteiger partial charge in [0, 0.05) is 13.1 Å². The van der Waals surface area contributed by atoms with Crippen LogP contribution in [0.3, 0.4) is 0 Å². The predicted molar refractivity (Wildman–Crippen MR) is 70.2 cm³/mol. The number of aromatic nitrogens is 3. The normalized spacial score (nSPS) is 9.42. The number of amides is 1. The van der Waals surface area contributed by atoms with Gasteiger partial charge in [-0.05, 0) is 12.1 Å². The van der Waals surface area contributed by atoms with Crippen molar-refractivity contribution in [2.45, 2.75) is 33.7 Å². The topological polar surface area (TPSA) is 80.9 Å². The van der Waals surface area contributed by atoms with Crippen LogP contribution in [-0.2, 0) is 17.8 Å². The third-order valence-corrected chi connectivity index (χ3v) is 2.08. The molecular formula is C13H18N4O2. The second-order valence-corrected chi connectivity index (χ2v) is 3.50. The number of nitrogens with one attached hydrogen (secondary N) is 1. The van der Waals surface area contributed by atoms with Crippen LogP contribution in [0.15, 0.2) is 28.9 Å². The van der Waals surface area contributed by atoms with Gasteiger partial charge in [-0.15, -0.1) is 0 Å². The van der Waals surface area contributed by atoms with Crippen molar-refractivity contribution in [1.82, 2.24) is 20.4 Å². The van der Waals surface area contributed by atoms with E-state index in [0.717, 1.165) is 5.69 Å². The summed E-state index contributed by atoms with van der Waals surface area (Å²) in [5, 5.41) is 6.38. The minimum atomic E-state index is -0.156. The van der Waals surface area contributed by atoms with Gasteiger partial charge >= 0.3 is 0 Å². The van der Waals surface area contributed by atoms with Crippen LogP contribution >= 0.6 is 0 Å². The predicted octanol–water partition coefficient (Wildman–Crippen LogP) is 1.66. The van der Waals surface area contributed by atoms with Gasteiger partial charge in [-0.3, -0.25) is 9.78 Å². The van der Waals surface area contributed by atoms with Crippen LogP contribution in [0.5, 0.6) is 0 Å². The Kier molecular flexibility index (Phi) is 6.21. The second-order valence-electron chi connectivity index (χ2n) is 3.50. The van der Waals surface area contributed by atoms with E-state index in [1.165, 1.54) is 0 Å². The fraction of sp³-hybridized carbons (Fsp3) is 0.385. The van der Waals surface area contributed by atoms with E-state index in [1.54, 1.807) is 13.1 Å². The largest absolute Gasteiger partial charge is 0.350 e. The molecule has 0 aliphatic rings. The molecule has 6 nitrogen and oxygen atoms in total. The number of nitrogens with zero attached hydrogens (tertiary/aromatic N) is 3. The summed E-state index contributed by atoms with van der Waals surface area (Å²) in [6, 6.07) is 5.54. The average Bonchev–Trinajstić information content (AvgIpc) is 2.85. The first kappa shape index (κ1) is 14.8. The van der Waals surface area contributed by atoms with Crippen LogP contribution in [-0.4, -0.2) is 21.0 Å². The van der Waals surface area contributed by atoms with E-state index in [-0.39, 0.29) is 12.3 Å². The molecule has 102 valence electrons.